The molecule has 1 aromatic carbocycles. The standard InChI is InChI=1S/C9H11NO2.Na/c11-9(12)6-7-10-8-4-2-1-3-5-8;/h1-5,10H,6-7H2,(H,11,12);/q;+1/p-1. The molecule has 0 saturated heterocycles. The van der Waals surface area contributed by atoms with E-state index in [1.54, 1.807) is 0 Å². The molecule has 0 amide bonds. The van der Waals surface area contributed by atoms with Gasteiger partial charge in [0.2, 0.25) is 0 Å². The first-order chi connectivity index (χ1) is 5.79. The van der Waals surface area contributed by atoms with E-state index in [0.717, 1.165) is 5.69 Å². The van der Waals surface area contributed by atoms with Crippen molar-refractivity contribution in [1.29, 1.82) is 0 Å². The minimum absolute atomic E-state index is 0. The van der Waals surface area contributed by atoms with E-state index in [1.165, 1.54) is 0 Å². The maximum absolute atomic E-state index is 10.0. The zero-order valence-corrected chi connectivity index (χ0v) is 9.62. The third-order valence-corrected chi connectivity index (χ3v) is 1.43. The van der Waals surface area contributed by atoms with Crippen molar-refractivity contribution in [2.45, 2.75) is 6.42 Å². The molecule has 3 nitrogen and oxygen atoms in total. The van der Waals surface area contributed by atoms with E-state index >= 15 is 0 Å². The number of carboxylic acid groups (broad SMARTS) is 1. The first kappa shape index (κ1) is 12.5. The van der Waals surface area contributed by atoms with Crippen molar-refractivity contribution in [3.63, 3.8) is 0 Å². The van der Waals surface area contributed by atoms with Crippen LogP contribution in [-0.4, -0.2) is 12.5 Å². The minimum Gasteiger partial charge on any atom is -0.550 e. The number of para-hydroxylation sites is 1. The minimum atomic E-state index is -1.03. The van der Waals surface area contributed by atoms with Crippen LogP contribution in [0.15, 0.2) is 30.3 Å². The van der Waals surface area contributed by atoms with E-state index in [4.69, 9.17) is 0 Å². The third kappa shape index (κ3) is 5.69. The van der Waals surface area contributed by atoms with Crippen LogP contribution in [-0.2, 0) is 4.79 Å². The Morgan fingerprint density at radius 2 is 1.92 bits per heavy atom. The Balaban J connectivity index is 0.00000144. The Morgan fingerprint density at radius 1 is 1.31 bits per heavy atom. The molecule has 1 rings (SSSR count). The van der Waals surface area contributed by atoms with Gasteiger partial charge < -0.3 is 15.2 Å². The van der Waals surface area contributed by atoms with Crippen molar-refractivity contribution >= 4 is 11.7 Å². The van der Waals surface area contributed by atoms with Gasteiger partial charge in [-0.1, -0.05) is 18.2 Å². The number of benzene rings is 1. The van der Waals surface area contributed by atoms with Gasteiger partial charge >= 0.3 is 29.6 Å². The summed E-state index contributed by atoms with van der Waals surface area (Å²) in [5.41, 5.74) is 0.929. The summed E-state index contributed by atoms with van der Waals surface area (Å²) < 4.78 is 0. The van der Waals surface area contributed by atoms with E-state index in [0.29, 0.717) is 6.54 Å². The average Bonchev–Trinajstić information content (AvgIpc) is 2.05. The molecule has 0 heterocycles. The molecule has 0 aliphatic heterocycles. The second-order valence-corrected chi connectivity index (χ2v) is 2.41. The van der Waals surface area contributed by atoms with Crippen LogP contribution < -0.4 is 40.0 Å². The Hall–Kier alpha value is -0.510. The van der Waals surface area contributed by atoms with Gasteiger partial charge in [0.15, 0.2) is 0 Å². The smallest absolute Gasteiger partial charge is 0.550 e. The predicted molar refractivity (Wildman–Crippen MR) is 44.6 cm³/mol. The van der Waals surface area contributed by atoms with Crippen LogP contribution in [0.3, 0.4) is 0 Å². The van der Waals surface area contributed by atoms with E-state index in [9.17, 15) is 9.90 Å². The Labute approximate surface area is 99.4 Å². The summed E-state index contributed by atoms with van der Waals surface area (Å²) in [4.78, 5) is 10.0. The zero-order valence-electron chi connectivity index (χ0n) is 7.62. The molecule has 0 aliphatic carbocycles. The summed E-state index contributed by atoms with van der Waals surface area (Å²) in [6.07, 6.45) is 0.0366. The van der Waals surface area contributed by atoms with Crippen LogP contribution in [0, 0.1) is 0 Å². The SMILES string of the molecule is O=C([O-])CCNc1ccccc1.[Na+]. The van der Waals surface area contributed by atoms with E-state index in [2.05, 4.69) is 5.32 Å². The van der Waals surface area contributed by atoms with Gasteiger partial charge in [-0.3, -0.25) is 0 Å². The number of aliphatic carboxylic acids is 1. The fourth-order valence-corrected chi connectivity index (χ4v) is 0.865. The maximum Gasteiger partial charge on any atom is 1.00 e. The summed E-state index contributed by atoms with van der Waals surface area (Å²) >= 11 is 0. The Bertz CT molecular complexity index is 251. The molecule has 64 valence electrons. The number of carbonyl (C=O) groups excluding carboxylic acids is 1. The van der Waals surface area contributed by atoms with Gasteiger partial charge in [-0.05, 0) is 12.1 Å². The van der Waals surface area contributed by atoms with Crippen LogP contribution in [0.2, 0.25) is 0 Å². The fourth-order valence-electron chi connectivity index (χ4n) is 0.865. The first-order valence-corrected chi connectivity index (χ1v) is 3.78. The van der Waals surface area contributed by atoms with Gasteiger partial charge in [0, 0.05) is 24.6 Å². The fraction of sp³-hybridized carbons (Fsp3) is 0.222. The number of nitrogens with one attached hydrogen (secondary N) is 1. The molecular formula is C9H10NNaO2. The van der Waals surface area contributed by atoms with Crippen molar-refractivity contribution in [3.05, 3.63) is 30.3 Å². The first-order valence-electron chi connectivity index (χ1n) is 3.78. The van der Waals surface area contributed by atoms with E-state index < -0.39 is 5.97 Å². The average molecular weight is 187 g/mol. The van der Waals surface area contributed by atoms with E-state index in [-0.39, 0.29) is 36.0 Å². The van der Waals surface area contributed by atoms with Crippen LogP contribution in [0.5, 0.6) is 0 Å². The van der Waals surface area contributed by atoms with Gasteiger partial charge in [0.05, 0.1) is 0 Å². The number of carbonyl (C=O) groups is 1. The second-order valence-electron chi connectivity index (χ2n) is 2.41. The maximum atomic E-state index is 10.0. The third-order valence-electron chi connectivity index (χ3n) is 1.43. The summed E-state index contributed by atoms with van der Waals surface area (Å²) in [5.74, 6) is -1.03. The summed E-state index contributed by atoms with van der Waals surface area (Å²) in [6, 6.07) is 9.46. The molecule has 0 unspecified atom stereocenters. The van der Waals surface area contributed by atoms with Gasteiger partial charge in [-0.15, -0.1) is 0 Å². The van der Waals surface area contributed by atoms with Gasteiger partial charge in [-0.25, -0.2) is 0 Å². The number of rotatable bonds is 4. The monoisotopic (exact) mass is 187 g/mol. The summed E-state index contributed by atoms with van der Waals surface area (Å²) in [7, 11) is 0. The molecule has 0 spiro atoms. The normalized spacial score (nSPS) is 8.62. The van der Waals surface area contributed by atoms with Crippen molar-refractivity contribution in [1.82, 2.24) is 0 Å². The molecule has 0 aliphatic rings. The Morgan fingerprint density at radius 3 is 2.46 bits per heavy atom. The van der Waals surface area contributed by atoms with E-state index in [1.807, 2.05) is 30.3 Å². The molecule has 13 heavy (non-hydrogen) atoms. The molecule has 0 fully saturated rings. The predicted octanol–water partition coefficient (Wildman–Crippen LogP) is -2.76. The quantitative estimate of drug-likeness (QED) is 0.520. The van der Waals surface area contributed by atoms with Crippen LogP contribution in [0.1, 0.15) is 6.42 Å². The van der Waals surface area contributed by atoms with Gasteiger partial charge in [-0.2, -0.15) is 0 Å². The van der Waals surface area contributed by atoms with Crippen molar-refractivity contribution < 1.29 is 39.5 Å². The Kier molecular flexibility index (Phi) is 6.68. The number of hydrogen-bond acceptors (Lipinski definition) is 3. The number of hydrogen-bond donors (Lipinski definition) is 1. The number of anilines is 1. The molecule has 1 aromatic rings. The van der Waals surface area contributed by atoms with Crippen LogP contribution >= 0.6 is 0 Å². The number of carboxylic acids is 1. The summed E-state index contributed by atoms with van der Waals surface area (Å²) in [6.45, 7) is 0.409. The topological polar surface area (TPSA) is 52.2 Å². The molecule has 0 aromatic heterocycles. The largest absolute Gasteiger partial charge is 1.00 e. The van der Waals surface area contributed by atoms with Crippen molar-refractivity contribution in [3.8, 4) is 0 Å². The molecule has 1 N–H and O–H groups in total. The molecule has 0 bridgehead atoms. The zero-order chi connectivity index (χ0) is 8.81. The molecule has 0 saturated carbocycles. The molecule has 0 atom stereocenters. The van der Waals surface area contributed by atoms with Crippen molar-refractivity contribution in [2.24, 2.45) is 0 Å². The second kappa shape index (κ2) is 6.95. The van der Waals surface area contributed by atoms with Gasteiger partial charge in [0.1, 0.15) is 0 Å². The molecular weight excluding hydrogens is 177 g/mol. The van der Waals surface area contributed by atoms with Gasteiger partial charge in [0.25, 0.3) is 0 Å². The molecule has 4 heteroatoms. The van der Waals surface area contributed by atoms with Crippen LogP contribution in [0.25, 0.3) is 0 Å². The van der Waals surface area contributed by atoms with Crippen LogP contribution in [0.4, 0.5) is 5.69 Å². The molecule has 0 radical (unpaired) electrons. The summed E-state index contributed by atoms with van der Waals surface area (Å²) in [5, 5.41) is 13.0. The van der Waals surface area contributed by atoms with Crippen molar-refractivity contribution in [2.75, 3.05) is 11.9 Å².